The maximum atomic E-state index is 11.9. The number of carbonyl (C=O) groups is 2. The van der Waals surface area contributed by atoms with Crippen LogP contribution >= 0.6 is 0 Å². The van der Waals surface area contributed by atoms with E-state index < -0.39 is 17.8 Å². The second kappa shape index (κ2) is 5.03. The second-order valence-corrected chi connectivity index (χ2v) is 5.46. The van der Waals surface area contributed by atoms with Gasteiger partial charge in [0.25, 0.3) is 0 Å². The molecule has 8 nitrogen and oxygen atoms in total. The fourth-order valence-electron chi connectivity index (χ4n) is 1.85. The zero-order chi connectivity index (χ0) is 14.9. The minimum absolute atomic E-state index is 0.0125. The molecular weight excluding hydrogens is 266 g/mol. The fraction of sp³-hybridized carbons (Fsp3) is 0.583. The number of carboxylic acid groups (broad SMARTS) is 1. The lowest BCUT2D eigenvalue weighted by molar-refractivity contribution is 0.0195. The van der Waals surface area contributed by atoms with Crippen LogP contribution in [0.15, 0.2) is 6.20 Å². The molecule has 20 heavy (non-hydrogen) atoms. The molecule has 0 aliphatic carbocycles. The van der Waals surface area contributed by atoms with E-state index in [9.17, 15) is 9.59 Å². The van der Waals surface area contributed by atoms with Crippen molar-refractivity contribution in [3.8, 4) is 5.88 Å². The van der Waals surface area contributed by atoms with Gasteiger partial charge in [-0.3, -0.25) is 4.90 Å². The number of nitrogens with zero attached hydrogens (tertiary/aromatic N) is 3. The van der Waals surface area contributed by atoms with Gasteiger partial charge in [0.1, 0.15) is 11.4 Å². The van der Waals surface area contributed by atoms with Gasteiger partial charge in [0.05, 0.1) is 12.7 Å². The van der Waals surface area contributed by atoms with Gasteiger partial charge < -0.3 is 19.1 Å². The number of amides is 1. The smallest absolute Gasteiger partial charge is 0.449 e. The largest absolute Gasteiger partial charge is 0.512 e. The van der Waals surface area contributed by atoms with Crippen molar-refractivity contribution in [2.24, 2.45) is 0 Å². The van der Waals surface area contributed by atoms with Gasteiger partial charge in [0, 0.05) is 13.1 Å². The molecule has 1 aliphatic heterocycles. The van der Waals surface area contributed by atoms with Crippen molar-refractivity contribution in [1.29, 1.82) is 0 Å². The van der Waals surface area contributed by atoms with Crippen LogP contribution < -0.4 is 4.74 Å². The summed E-state index contributed by atoms with van der Waals surface area (Å²) in [4.78, 5) is 28.0. The zero-order valence-electron chi connectivity index (χ0n) is 11.6. The SMILES string of the molecule is CC(C)(C)OC(=O)N1CCn2cc(OC(=O)O)nc2C1. The van der Waals surface area contributed by atoms with Gasteiger partial charge in [-0.2, -0.15) is 4.98 Å². The monoisotopic (exact) mass is 283 g/mol. The lowest BCUT2D eigenvalue weighted by Crippen LogP contribution is -2.41. The summed E-state index contributed by atoms with van der Waals surface area (Å²) in [6.07, 6.45) is -0.313. The Kier molecular flexibility index (Phi) is 3.56. The van der Waals surface area contributed by atoms with Crippen LogP contribution in [-0.4, -0.2) is 44.0 Å². The quantitative estimate of drug-likeness (QED) is 0.788. The van der Waals surface area contributed by atoms with E-state index in [1.165, 1.54) is 11.1 Å². The summed E-state index contributed by atoms with van der Waals surface area (Å²) >= 11 is 0. The van der Waals surface area contributed by atoms with Crippen molar-refractivity contribution >= 4 is 12.2 Å². The van der Waals surface area contributed by atoms with Gasteiger partial charge in [0.15, 0.2) is 0 Å². The summed E-state index contributed by atoms with van der Waals surface area (Å²) in [5, 5.41) is 8.54. The fourth-order valence-corrected chi connectivity index (χ4v) is 1.85. The first-order valence-electron chi connectivity index (χ1n) is 6.19. The molecule has 0 radical (unpaired) electrons. The van der Waals surface area contributed by atoms with Crippen LogP contribution in [0.3, 0.4) is 0 Å². The van der Waals surface area contributed by atoms with E-state index in [1.807, 2.05) is 0 Å². The number of ether oxygens (including phenoxy) is 2. The molecule has 0 fully saturated rings. The van der Waals surface area contributed by atoms with E-state index in [-0.39, 0.29) is 12.4 Å². The Labute approximate surface area is 115 Å². The number of hydrogen-bond acceptors (Lipinski definition) is 5. The first-order chi connectivity index (χ1) is 9.24. The average molecular weight is 283 g/mol. The predicted octanol–water partition coefficient (Wildman–Crippen LogP) is 1.69. The van der Waals surface area contributed by atoms with Crippen molar-refractivity contribution < 1.29 is 24.2 Å². The standard InChI is InChI=1S/C12H17N3O5/c1-12(2,3)20-10(16)15-5-4-14-7-9(19-11(17)18)13-8(14)6-15/h7H,4-6H2,1-3H3,(H,17,18). The van der Waals surface area contributed by atoms with E-state index in [1.54, 1.807) is 25.3 Å². The third-order valence-electron chi connectivity index (χ3n) is 2.62. The number of imidazole rings is 1. The number of hydrogen-bond donors (Lipinski definition) is 1. The number of fused-ring (bicyclic) bond motifs is 1. The molecule has 110 valence electrons. The summed E-state index contributed by atoms with van der Waals surface area (Å²) in [5.41, 5.74) is -0.554. The van der Waals surface area contributed by atoms with Crippen LogP contribution in [0.1, 0.15) is 26.6 Å². The first-order valence-corrected chi connectivity index (χ1v) is 6.19. The van der Waals surface area contributed by atoms with E-state index in [4.69, 9.17) is 9.84 Å². The topological polar surface area (TPSA) is 93.9 Å². The summed E-state index contributed by atoms with van der Waals surface area (Å²) in [5.74, 6) is 0.580. The Balaban J connectivity index is 2.05. The van der Waals surface area contributed by atoms with Crippen molar-refractivity contribution in [2.45, 2.75) is 39.5 Å². The summed E-state index contributed by atoms with van der Waals surface area (Å²) in [7, 11) is 0. The predicted molar refractivity (Wildman–Crippen MR) is 67.5 cm³/mol. The van der Waals surface area contributed by atoms with Crippen LogP contribution in [-0.2, 0) is 17.8 Å². The summed E-state index contributed by atoms with van der Waals surface area (Å²) in [6.45, 7) is 6.66. The molecule has 2 heterocycles. The van der Waals surface area contributed by atoms with Crippen molar-refractivity contribution in [1.82, 2.24) is 14.5 Å². The zero-order valence-corrected chi connectivity index (χ0v) is 11.6. The molecule has 0 saturated carbocycles. The maximum Gasteiger partial charge on any atom is 0.512 e. The molecule has 0 unspecified atom stereocenters. The van der Waals surface area contributed by atoms with E-state index in [2.05, 4.69) is 9.72 Å². The molecule has 0 bridgehead atoms. The van der Waals surface area contributed by atoms with Crippen molar-refractivity contribution in [3.05, 3.63) is 12.0 Å². The highest BCUT2D eigenvalue weighted by Gasteiger charge is 2.27. The second-order valence-electron chi connectivity index (χ2n) is 5.46. The minimum Gasteiger partial charge on any atom is -0.449 e. The van der Waals surface area contributed by atoms with E-state index in [0.717, 1.165) is 0 Å². The normalized spacial score (nSPS) is 14.7. The molecule has 1 N–H and O–H groups in total. The number of rotatable bonds is 1. The summed E-state index contributed by atoms with van der Waals surface area (Å²) < 4.78 is 11.5. The highest BCUT2D eigenvalue weighted by Crippen LogP contribution is 2.19. The van der Waals surface area contributed by atoms with Crippen LogP contribution in [0.25, 0.3) is 0 Å². The minimum atomic E-state index is -1.41. The third-order valence-corrected chi connectivity index (χ3v) is 2.62. The Morgan fingerprint density at radius 3 is 2.65 bits per heavy atom. The Hall–Kier alpha value is -2.25. The van der Waals surface area contributed by atoms with Crippen LogP contribution in [0.4, 0.5) is 9.59 Å². The molecule has 1 aromatic heterocycles. The Morgan fingerprint density at radius 2 is 2.05 bits per heavy atom. The molecule has 8 heteroatoms. The molecule has 0 spiro atoms. The van der Waals surface area contributed by atoms with Gasteiger partial charge >= 0.3 is 12.2 Å². The maximum absolute atomic E-state index is 11.9. The Morgan fingerprint density at radius 1 is 1.35 bits per heavy atom. The van der Waals surface area contributed by atoms with Gasteiger partial charge in [0.2, 0.25) is 5.88 Å². The highest BCUT2D eigenvalue weighted by molar-refractivity contribution is 5.68. The molecule has 0 saturated heterocycles. The lowest BCUT2D eigenvalue weighted by Gasteiger charge is -2.30. The number of carbonyl (C=O) groups excluding carboxylic acids is 1. The number of aromatic nitrogens is 2. The Bertz CT molecular complexity index is 532. The van der Waals surface area contributed by atoms with Gasteiger partial charge in [-0.05, 0) is 20.8 Å². The van der Waals surface area contributed by atoms with E-state index in [0.29, 0.717) is 18.9 Å². The molecule has 2 rings (SSSR count). The molecule has 0 aromatic carbocycles. The van der Waals surface area contributed by atoms with Crippen LogP contribution in [0.5, 0.6) is 5.88 Å². The molecule has 0 atom stereocenters. The first kappa shape index (κ1) is 14.2. The van der Waals surface area contributed by atoms with Crippen LogP contribution in [0, 0.1) is 0 Å². The van der Waals surface area contributed by atoms with Crippen molar-refractivity contribution in [2.75, 3.05) is 6.54 Å². The lowest BCUT2D eigenvalue weighted by atomic mass is 10.2. The van der Waals surface area contributed by atoms with Gasteiger partial charge in [-0.25, -0.2) is 9.59 Å². The highest BCUT2D eigenvalue weighted by atomic mass is 16.7. The third kappa shape index (κ3) is 3.40. The molecule has 1 aromatic rings. The average Bonchev–Trinajstić information content (AvgIpc) is 2.66. The van der Waals surface area contributed by atoms with E-state index >= 15 is 0 Å². The van der Waals surface area contributed by atoms with Crippen LogP contribution in [0.2, 0.25) is 0 Å². The van der Waals surface area contributed by atoms with Gasteiger partial charge in [-0.1, -0.05) is 0 Å². The molecular formula is C12H17N3O5. The van der Waals surface area contributed by atoms with Gasteiger partial charge in [-0.15, -0.1) is 0 Å². The molecule has 1 amide bonds. The summed E-state index contributed by atoms with van der Waals surface area (Å²) in [6, 6.07) is 0. The molecule has 1 aliphatic rings. The van der Waals surface area contributed by atoms with Crippen molar-refractivity contribution in [3.63, 3.8) is 0 Å².